The van der Waals surface area contributed by atoms with Crippen molar-refractivity contribution in [1.82, 2.24) is 15.3 Å². The van der Waals surface area contributed by atoms with Gasteiger partial charge in [-0.1, -0.05) is 0 Å². The van der Waals surface area contributed by atoms with Crippen LogP contribution in [0.5, 0.6) is 0 Å². The number of nitrogens with one attached hydrogen (secondary N) is 5. The average Bonchev–Trinajstić information content (AvgIpc) is 2.80. The summed E-state index contributed by atoms with van der Waals surface area (Å²) in [4.78, 5) is 53.3. The quantitative estimate of drug-likeness (QED) is 0.200. The molecule has 2 aromatic rings. The highest BCUT2D eigenvalue weighted by atomic mass is 16.4. The first-order chi connectivity index (χ1) is 16.2. The van der Waals surface area contributed by atoms with Gasteiger partial charge in [-0.05, 0) is 30.7 Å². The van der Waals surface area contributed by atoms with Crippen molar-refractivity contribution in [1.29, 1.82) is 0 Å². The number of carboxylic acids is 2. The molecule has 0 aliphatic carbocycles. The minimum absolute atomic E-state index is 0.0172. The lowest BCUT2D eigenvalue weighted by Gasteiger charge is -2.27. The van der Waals surface area contributed by atoms with Crippen LogP contribution in [0.25, 0.3) is 0 Å². The highest BCUT2D eigenvalue weighted by Gasteiger charge is 2.28. The summed E-state index contributed by atoms with van der Waals surface area (Å²) in [5.74, 6) is -4.37. The second-order valence-electron chi connectivity index (χ2n) is 7.67. The van der Waals surface area contributed by atoms with Crippen LogP contribution >= 0.6 is 0 Å². The highest BCUT2D eigenvalue weighted by molar-refractivity contribution is 5.97. The molecule has 14 nitrogen and oxygen atoms in total. The van der Waals surface area contributed by atoms with E-state index in [1.165, 1.54) is 12.1 Å². The number of nitrogen functional groups attached to an aromatic ring is 1. The maximum atomic E-state index is 12.4. The van der Waals surface area contributed by atoms with Crippen LogP contribution in [0.4, 0.5) is 23.1 Å². The smallest absolute Gasteiger partial charge is 0.326 e. The predicted molar refractivity (Wildman–Crippen MR) is 122 cm³/mol. The number of aliphatic carboxylic acids is 2. The molecule has 3 rings (SSSR count). The maximum absolute atomic E-state index is 12.4. The van der Waals surface area contributed by atoms with Crippen molar-refractivity contribution in [2.24, 2.45) is 5.92 Å². The van der Waals surface area contributed by atoms with Crippen LogP contribution in [0.3, 0.4) is 0 Å². The first kappa shape index (κ1) is 24.3. The number of aromatic nitrogens is 2. The standard InChI is InChI=1S/C20H25N7O7/c21-20-26-15-14(17(30)27-20)24-12(7-23-15)6-22-11-3-1-9(2-4-11)16(29)25-13(19(33)34)5-10(8-28)18(31)32/h1-4,10,12-13,22,24,28H,5-8H2,(H,25,29)(H,31,32)(H,33,34)(H4,21,23,26,27,30). The third kappa shape index (κ3) is 5.92. The molecule has 3 atom stereocenters. The number of H-pyrrole nitrogens is 1. The number of aliphatic hydroxyl groups is 1. The molecule has 1 aromatic heterocycles. The zero-order valence-corrected chi connectivity index (χ0v) is 17.9. The number of fused-ring (bicyclic) bond motifs is 1. The van der Waals surface area contributed by atoms with Gasteiger partial charge in [-0.25, -0.2) is 4.79 Å². The van der Waals surface area contributed by atoms with E-state index in [1.807, 2.05) is 0 Å². The topological polar surface area (TPSA) is 232 Å². The molecule has 1 aliphatic rings. The van der Waals surface area contributed by atoms with Gasteiger partial charge in [0.25, 0.3) is 11.5 Å². The Labute approximate surface area is 192 Å². The van der Waals surface area contributed by atoms with Gasteiger partial charge in [0.15, 0.2) is 5.82 Å². The van der Waals surface area contributed by atoms with Gasteiger partial charge in [0, 0.05) is 24.3 Å². The number of rotatable bonds is 10. The summed E-state index contributed by atoms with van der Waals surface area (Å²) in [6.45, 7) is 0.171. The fourth-order valence-electron chi connectivity index (χ4n) is 3.33. The zero-order chi connectivity index (χ0) is 24.8. The molecule has 2 heterocycles. The Balaban J connectivity index is 1.56. The molecule has 0 fully saturated rings. The van der Waals surface area contributed by atoms with Crippen LogP contribution in [-0.4, -0.2) is 74.9 Å². The molecule has 1 aromatic carbocycles. The summed E-state index contributed by atoms with van der Waals surface area (Å²) in [5.41, 5.74) is 6.28. The molecule has 182 valence electrons. The van der Waals surface area contributed by atoms with E-state index in [1.54, 1.807) is 12.1 Å². The van der Waals surface area contributed by atoms with Crippen LogP contribution in [0.2, 0.25) is 0 Å². The molecular weight excluding hydrogens is 450 g/mol. The molecule has 34 heavy (non-hydrogen) atoms. The van der Waals surface area contributed by atoms with Gasteiger partial charge >= 0.3 is 11.9 Å². The van der Waals surface area contributed by atoms with E-state index in [9.17, 15) is 24.3 Å². The van der Waals surface area contributed by atoms with Gasteiger partial charge in [-0.15, -0.1) is 0 Å². The first-order valence-corrected chi connectivity index (χ1v) is 10.3. The Morgan fingerprint density at radius 3 is 2.50 bits per heavy atom. The number of nitrogens with zero attached hydrogens (tertiary/aromatic N) is 1. The number of hydrogen-bond donors (Lipinski definition) is 9. The minimum Gasteiger partial charge on any atom is -0.481 e. The number of aromatic amines is 1. The molecule has 3 unspecified atom stereocenters. The zero-order valence-electron chi connectivity index (χ0n) is 17.9. The van der Waals surface area contributed by atoms with Gasteiger partial charge in [0.05, 0.1) is 18.6 Å². The maximum Gasteiger partial charge on any atom is 0.326 e. The van der Waals surface area contributed by atoms with E-state index in [4.69, 9.17) is 15.9 Å². The van der Waals surface area contributed by atoms with E-state index in [2.05, 4.69) is 31.2 Å². The monoisotopic (exact) mass is 475 g/mol. The molecule has 0 saturated heterocycles. The van der Waals surface area contributed by atoms with E-state index in [0.29, 0.717) is 30.3 Å². The van der Waals surface area contributed by atoms with E-state index < -0.39 is 42.8 Å². The third-order valence-corrected chi connectivity index (χ3v) is 5.20. The molecule has 0 bridgehead atoms. The molecule has 0 spiro atoms. The summed E-state index contributed by atoms with van der Waals surface area (Å²) in [5, 5.41) is 38.9. The van der Waals surface area contributed by atoms with Crippen LogP contribution in [0.15, 0.2) is 29.1 Å². The number of amides is 1. The summed E-state index contributed by atoms with van der Waals surface area (Å²) < 4.78 is 0. The lowest BCUT2D eigenvalue weighted by molar-refractivity contribution is -0.145. The van der Waals surface area contributed by atoms with Gasteiger partial charge in [0.1, 0.15) is 11.7 Å². The van der Waals surface area contributed by atoms with Crippen molar-refractivity contribution in [3.8, 4) is 0 Å². The molecule has 14 heteroatoms. The minimum atomic E-state index is -1.47. The second-order valence-corrected chi connectivity index (χ2v) is 7.67. The number of carbonyl (C=O) groups excluding carboxylic acids is 1. The second kappa shape index (κ2) is 10.5. The van der Waals surface area contributed by atoms with Crippen molar-refractivity contribution >= 4 is 41.0 Å². The number of aliphatic hydroxyl groups excluding tert-OH is 1. The molecule has 1 aliphatic heterocycles. The molecule has 0 radical (unpaired) electrons. The van der Waals surface area contributed by atoms with Gasteiger partial charge < -0.3 is 42.3 Å². The Bertz CT molecular complexity index is 1120. The van der Waals surface area contributed by atoms with Gasteiger partial charge in [0.2, 0.25) is 5.95 Å². The van der Waals surface area contributed by atoms with E-state index in [-0.39, 0.29) is 23.1 Å². The summed E-state index contributed by atoms with van der Waals surface area (Å²) >= 11 is 0. The average molecular weight is 475 g/mol. The molecule has 0 saturated carbocycles. The lowest BCUT2D eigenvalue weighted by atomic mass is 10.0. The molecule has 1 amide bonds. The van der Waals surface area contributed by atoms with Gasteiger partial charge in [-0.2, -0.15) is 4.98 Å². The summed E-state index contributed by atoms with van der Waals surface area (Å²) in [6.07, 6.45) is -0.455. The number of benzene rings is 1. The van der Waals surface area contributed by atoms with Crippen LogP contribution in [-0.2, 0) is 9.59 Å². The number of carboxylic acid groups (broad SMARTS) is 2. The van der Waals surface area contributed by atoms with Crippen molar-refractivity contribution < 1.29 is 29.7 Å². The lowest BCUT2D eigenvalue weighted by Crippen LogP contribution is -2.43. The first-order valence-electron chi connectivity index (χ1n) is 10.3. The van der Waals surface area contributed by atoms with Crippen molar-refractivity contribution in [3.63, 3.8) is 0 Å². The highest BCUT2D eigenvalue weighted by Crippen LogP contribution is 2.20. The van der Waals surface area contributed by atoms with Crippen LogP contribution < -0.4 is 32.6 Å². The Morgan fingerprint density at radius 1 is 1.18 bits per heavy atom. The van der Waals surface area contributed by atoms with Gasteiger partial charge in [-0.3, -0.25) is 19.4 Å². The van der Waals surface area contributed by atoms with E-state index in [0.717, 1.165) is 0 Å². The summed E-state index contributed by atoms with van der Waals surface area (Å²) in [7, 11) is 0. The normalized spacial score (nSPS) is 16.2. The Kier molecular flexibility index (Phi) is 7.53. The van der Waals surface area contributed by atoms with Crippen LogP contribution in [0.1, 0.15) is 16.8 Å². The molecular formula is C20H25N7O7. The van der Waals surface area contributed by atoms with E-state index >= 15 is 0 Å². The Hall–Kier alpha value is -4.33. The fraction of sp³-hybridized carbons (Fsp3) is 0.350. The van der Waals surface area contributed by atoms with Crippen LogP contribution in [0, 0.1) is 5.92 Å². The Morgan fingerprint density at radius 2 is 1.88 bits per heavy atom. The fourth-order valence-corrected chi connectivity index (χ4v) is 3.33. The number of nitrogens with two attached hydrogens (primary N) is 1. The SMILES string of the molecule is Nc1nc2c(c(=O)[nH]1)NC(CNc1ccc(C(=O)NC(CC(CO)C(=O)O)C(=O)O)cc1)CN2. The third-order valence-electron chi connectivity index (χ3n) is 5.20. The number of hydrogen-bond acceptors (Lipinski definition) is 10. The van der Waals surface area contributed by atoms with Crippen molar-refractivity contribution in [2.45, 2.75) is 18.5 Å². The van der Waals surface area contributed by atoms with Crippen molar-refractivity contribution in [2.75, 3.05) is 41.4 Å². The largest absolute Gasteiger partial charge is 0.481 e. The molecule has 10 N–H and O–H groups in total. The van der Waals surface area contributed by atoms with Crippen molar-refractivity contribution in [3.05, 3.63) is 40.2 Å². The number of carbonyl (C=O) groups is 3. The predicted octanol–water partition coefficient (Wildman–Crippen LogP) is -1.06. The summed E-state index contributed by atoms with van der Waals surface area (Å²) in [6, 6.07) is 4.59. The number of anilines is 4.